The van der Waals surface area contributed by atoms with Gasteiger partial charge in [-0.25, -0.2) is 9.59 Å². The van der Waals surface area contributed by atoms with Gasteiger partial charge in [0.1, 0.15) is 11.3 Å². The molecule has 134 valence electrons. The number of ether oxygens (including phenoxy) is 3. The van der Waals surface area contributed by atoms with Gasteiger partial charge in [0, 0.05) is 6.54 Å². The van der Waals surface area contributed by atoms with Crippen LogP contribution < -0.4 is 4.74 Å². The predicted molar refractivity (Wildman–Crippen MR) is 82.2 cm³/mol. The van der Waals surface area contributed by atoms with Crippen LogP contribution in [0.2, 0.25) is 0 Å². The molecule has 0 bridgehead atoms. The minimum atomic E-state index is -2.80. The molecule has 1 amide bonds. The lowest BCUT2D eigenvalue weighted by Gasteiger charge is -2.31. The molecule has 0 fully saturated rings. The van der Waals surface area contributed by atoms with Crippen molar-refractivity contribution in [2.24, 2.45) is 0 Å². The Hall–Kier alpha value is -3.07. The zero-order valence-corrected chi connectivity index (χ0v) is 13.8. The largest absolute Gasteiger partial charge is 0.503 e. The number of benzene rings is 1. The van der Waals surface area contributed by atoms with Crippen LogP contribution in [0.3, 0.4) is 0 Å². The number of methoxy groups -OCH3 is 3. The minimum absolute atomic E-state index is 0.279. The number of nitrogens with zero attached hydrogens (tertiary/aromatic N) is 1. The molecule has 2 N–H and O–H groups in total. The molecule has 0 aromatic heterocycles. The topological polar surface area (TPSA) is 123 Å². The van der Waals surface area contributed by atoms with Crippen LogP contribution in [-0.4, -0.2) is 60.0 Å². The fraction of sp³-hybridized carbons (Fsp3) is 0.312. The fourth-order valence-corrected chi connectivity index (χ4v) is 2.48. The van der Waals surface area contributed by atoms with E-state index < -0.39 is 34.9 Å². The first-order valence-corrected chi connectivity index (χ1v) is 7.09. The summed E-state index contributed by atoms with van der Waals surface area (Å²) in [6.07, 6.45) is 0. The third-order valence-electron chi connectivity index (χ3n) is 3.78. The van der Waals surface area contributed by atoms with E-state index in [1.807, 2.05) is 0 Å². The number of rotatable bonds is 5. The number of hydrogen-bond donors (Lipinski definition) is 2. The van der Waals surface area contributed by atoms with Gasteiger partial charge in [-0.1, -0.05) is 12.1 Å². The van der Waals surface area contributed by atoms with Gasteiger partial charge in [-0.2, -0.15) is 0 Å². The molecule has 1 aromatic carbocycles. The van der Waals surface area contributed by atoms with Crippen LogP contribution in [0.15, 0.2) is 35.6 Å². The van der Waals surface area contributed by atoms with E-state index in [1.165, 1.54) is 7.11 Å². The second-order valence-electron chi connectivity index (χ2n) is 5.12. The first kappa shape index (κ1) is 18.3. The van der Waals surface area contributed by atoms with Crippen LogP contribution in [0.25, 0.3) is 0 Å². The highest BCUT2D eigenvalue weighted by atomic mass is 16.6. The first-order chi connectivity index (χ1) is 11.8. The van der Waals surface area contributed by atoms with Crippen molar-refractivity contribution < 1.29 is 38.8 Å². The lowest BCUT2D eigenvalue weighted by atomic mass is 10.0. The van der Waals surface area contributed by atoms with Crippen molar-refractivity contribution in [2.75, 3.05) is 21.3 Å². The second kappa shape index (κ2) is 6.81. The van der Waals surface area contributed by atoms with E-state index in [1.54, 1.807) is 24.3 Å². The van der Waals surface area contributed by atoms with Crippen molar-refractivity contribution in [1.29, 1.82) is 0 Å². The predicted octanol–water partition coefficient (Wildman–Crippen LogP) is -0.116. The Kier molecular flexibility index (Phi) is 4.98. The molecule has 9 nitrogen and oxygen atoms in total. The molecule has 1 unspecified atom stereocenters. The maximum Gasteiger partial charge on any atom is 0.365 e. The number of carbonyl (C=O) groups excluding carboxylic acids is 3. The molecule has 1 aromatic rings. The number of carbonyl (C=O) groups is 3. The highest BCUT2D eigenvalue weighted by molar-refractivity contribution is 6.12. The zero-order valence-electron chi connectivity index (χ0n) is 13.8. The van der Waals surface area contributed by atoms with Gasteiger partial charge in [0.05, 0.1) is 21.3 Å². The number of amides is 1. The molecule has 2 rings (SSSR count). The first-order valence-electron chi connectivity index (χ1n) is 7.09. The van der Waals surface area contributed by atoms with E-state index in [4.69, 9.17) is 4.74 Å². The smallest absolute Gasteiger partial charge is 0.365 e. The summed E-state index contributed by atoms with van der Waals surface area (Å²) in [6, 6.07) is 6.41. The van der Waals surface area contributed by atoms with Crippen LogP contribution >= 0.6 is 0 Å². The Bertz CT molecular complexity index is 739. The molecule has 1 atom stereocenters. The normalized spacial score (nSPS) is 19.8. The third-order valence-corrected chi connectivity index (χ3v) is 3.78. The SMILES string of the molecule is COC(=O)C1=C(O)C(=O)N(Cc2ccc(OC)cc2)C1(O)C(=O)OC. The molecular formula is C16H17NO8. The van der Waals surface area contributed by atoms with E-state index in [-0.39, 0.29) is 6.54 Å². The Morgan fingerprint density at radius 1 is 1.12 bits per heavy atom. The number of aliphatic hydroxyl groups is 2. The molecule has 1 aliphatic rings. The third kappa shape index (κ3) is 2.89. The summed E-state index contributed by atoms with van der Waals surface area (Å²) in [4.78, 5) is 36.9. The molecule has 1 aliphatic heterocycles. The number of aliphatic hydroxyl groups excluding tert-OH is 1. The molecule has 0 saturated heterocycles. The van der Waals surface area contributed by atoms with Crippen LogP contribution in [0.4, 0.5) is 0 Å². The Balaban J connectivity index is 2.47. The van der Waals surface area contributed by atoms with Gasteiger partial charge in [-0.05, 0) is 17.7 Å². The second-order valence-corrected chi connectivity index (χ2v) is 5.12. The van der Waals surface area contributed by atoms with Gasteiger partial charge in [0.15, 0.2) is 5.76 Å². The maximum atomic E-state index is 12.3. The van der Waals surface area contributed by atoms with Crippen molar-refractivity contribution in [1.82, 2.24) is 4.90 Å². The van der Waals surface area contributed by atoms with E-state index >= 15 is 0 Å². The Morgan fingerprint density at radius 3 is 2.20 bits per heavy atom. The summed E-state index contributed by atoms with van der Waals surface area (Å²) >= 11 is 0. The van der Waals surface area contributed by atoms with Crippen molar-refractivity contribution in [3.05, 3.63) is 41.2 Å². The molecule has 0 radical (unpaired) electrons. The number of hydrogen-bond acceptors (Lipinski definition) is 8. The average molecular weight is 351 g/mol. The van der Waals surface area contributed by atoms with Gasteiger partial charge < -0.3 is 24.4 Å². The highest BCUT2D eigenvalue weighted by Crippen LogP contribution is 2.36. The van der Waals surface area contributed by atoms with Crippen LogP contribution in [0.1, 0.15) is 5.56 Å². The van der Waals surface area contributed by atoms with Crippen molar-refractivity contribution in [2.45, 2.75) is 12.3 Å². The molecule has 1 heterocycles. The van der Waals surface area contributed by atoms with Crippen molar-refractivity contribution >= 4 is 17.8 Å². The quantitative estimate of drug-likeness (QED) is 0.704. The molecule has 0 saturated carbocycles. The van der Waals surface area contributed by atoms with E-state index in [2.05, 4.69) is 9.47 Å². The van der Waals surface area contributed by atoms with Crippen LogP contribution in [0.5, 0.6) is 5.75 Å². The van der Waals surface area contributed by atoms with Crippen LogP contribution in [0, 0.1) is 0 Å². The van der Waals surface area contributed by atoms with E-state index in [0.29, 0.717) is 16.2 Å². The zero-order chi connectivity index (χ0) is 18.8. The van der Waals surface area contributed by atoms with Gasteiger partial charge in [-0.15, -0.1) is 0 Å². The summed E-state index contributed by atoms with van der Waals surface area (Å²) in [5.74, 6) is -4.15. The summed E-state index contributed by atoms with van der Waals surface area (Å²) in [7, 11) is 3.44. The molecule has 9 heteroatoms. The molecule has 0 spiro atoms. The van der Waals surface area contributed by atoms with Gasteiger partial charge >= 0.3 is 11.9 Å². The lowest BCUT2D eigenvalue weighted by molar-refractivity contribution is -0.182. The maximum absolute atomic E-state index is 12.3. The minimum Gasteiger partial charge on any atom is -0.503 e. The van der Waals surface area contributed by atoms with Gasteiger partial charge in [0.25, 0.3) is 11.6 Å². The van der Waals surface area contributed by atoms with E-state index in [9.17, 15) is 24.6 Å². The van der Waals surface area contributed by atoms with Crippen LogP contribution in [-0.2, 0) is 30.4 Å². The highest BCUT2D eigenvalue weighted by Gasteiger charge is 2.60. The molecule has 25 heavy (non-hydrogen) atoms. The molecule has 0 aliphatic carbocycles. The standard InChI is InChI=1S/C16H17NO8/c1-23-10-6-4-9(5-7-10)8-17-13(19)12(18)11(14(20)24-2)16(17,22)15(21)25-3/h4-7,18,22H,8H2,1-3H3. The summed E-state index contributed by atoms with van der Waals surface area (Å²) in [5.41, 5.74) is -3.18. The summed E-state index contributed by atoms with van der Waals surface area (Å²) in [6.45, 7) is -0.279. The summed E-state index contributed by atoms with van der Waals surface area (Å²) in [5, 5.41) is 20.7. The van der Waals surface area contributed by atoms with Gasteiger partial charge in [-0.3, -0.25) is 9.69 Å². The fourth-order valence-electron chi connectivity index (χ4n) is 2.48. The average Bonchev–Trinajstić information content (AvgIpc) is 2.82. The van der Waals surface area contributed by atoms with Gasteiger partial charge in [0.2, 0.25) is 0 Å². The molecular weight excluding hydrogens is 334 g/mol. The summed E-state index contributed by atoms with van der Waals surface area (Å²) < 4.78 is 14.0. The Morgan fingerprint density at radius 2 is 1.72 bits per heavy atom. The van der Waals surface area contributed by atoms with Crippen molar-refractivity contribution in [3.8, 4) is 5.75 Å². The Labute approximate surface area is 143 Å². The lowest BCUT2D eigenvalue weighted by Crippen LogP contribution is -2.55. The van der Waals surface area contributed by atoms with Crippen molar-refractivity contribution in [3.63, 3.8) is 0 Å². The monoisotopic (exact) mass is 351 g/mol. The number of esters is 2. The van der Waals surface area contributed by atoms with E-state index in [0.717, 1.165) is 14.2 Å².